The number of hydrogen-bond donors (Lipinski definition) is 2. The van der Waals surface area contributed by atoms with Crippen molar-refractivity contribution >= 4 is 29.9 Å². The van der Waals surface area contributed by atoms with Gasteiger partial charge in [-0.1, -0.05) is 19.1 Å². The van der Waals surface area contributed by atoms with Gasteiger partial charge in [0.2, 0.25) is 0 Å². The van der Waals surface area contributed by atoms with Gasteiger partial charge in [-0.3, -0.25) is 9.89 Å². The first-order valence-electron chi connectivity index (χ1n) is 9.80. The monoisotopic (exact) mass is 544 g/mol. The first-order chi connectivity index (χ1) is 13.8. The molecule has 1 heterocycles. The summed E-state index contributed by atoms with van der Waals surface area (Å²) in [5.41, 5.74) is 1.48. The summed E-state index contributed by atoms with van der Waals surface area (Å²) in [6, 6.07) is 5.23. The smallest absolute Gasteiger partial charge is 0.422 e. The topological polar surface area (TPSA) is 58.1 Å². The van der Waals surface area contributed by atoms with Gasteiger partial charge in [0.15, 0.2) is 12.6 Å². The Bertz CT molecular complexity index is 668. The van der Waals surface area contributed by atoms with Crippen molar-refractivity contribution in [2.24, 2.45) is 10.9 Å². The molecule has 172 valence electrons. The average molecular weight is 544 g/mol. The Kier molecular flexibility index (Phi) is 11.8. The van der Waals surface area contributed by atoms with Gasteiger partial charge >= 0.3 is 6.18 Å². The third kappa shape index (κ3) is 10.2. The molecule has 0 aromatic heterocycles. The van der Waals surface area contributed by atoms with E-state index in [1.165, 1.54) is 0 Å². The molecule has 0 spiro atoms. The predicted molar refractivity (Wildman–Crippen MR) is 123 cm³/mol. The van der Waals surface area contributed by atoms with Crippen molar-refractivity contribution in [2.75, 3.05) is 53.0 Å². The van der Waals surface area contributed by atoms with E-state index in [1.54, 1.807) is 19.2 Å². The van der Waals surface area contributed by atoms with Crippen molar-refractivity contribution < 1.29 is 22.6 Å². The van der Waals surface area contributed by atoms with Crippen LogP contribution in [0, 0.1) is 12.8 Å². The molecule has 0 saturated carbocycles. The first-order valence-corrected chi connectivity index (χ1v) is 9.80. The molecule has 0 bridgehead atoms. The minimum absolute atomic E-state index is 0. The molecule has 10 heteroatoms. The van der Waals surface area contributed by atoms with E-state index in [9.17, 15) is 13.2 Å². The van der Waals surface area contributed by atoms with E-state index in [2.05, 4.69) is 27.4 Å². The number of halogens is 4. The highest BCUT2D eigenvalue weighted by molar-refractivity contribution is 14.0. The minimum atomic E-state index is -4.37. The maximum absolute atomic E-state index is 12.5. The van der Waals surface area contributed by atoms with Crippen LogP contribution in [0.25, 0.3) is 0 Å². The number of guanidine groups is 1. The molecule has 0 amide bonds. The van der Waals surface area contributed by atoms with E-state index in [0.717, 1.165) is 45.0 Å². The molecule has 1 aliphatic heterocycles. The summed E-state index contributed by atoms with van der Waals surface area (Å²) in [5.74, 6) is 1.24. The summed E-state index contributed by atoms with van der Waals surface area (Å²) in [4.78, 5) is 6.57. The molecular formula is C20H32F3IN4O2. The Morgan fingerprint density at radius 1 is 1.27 bits per heavy atom. The lowest BCUT2D eigenvalue weighted by Gasteiger charge is -2.29. The molecular weight excluding hydrogens is 512 g/mol. The van der Waals surface area contributed by atoms with Gasteiger partial charge in [-0.15, -0.1) is 24.0 Å². The number of morpholine rings is 1. The number of aliphatic imine (C=N–C) groups is 1. The summed E-state index contributed by atoms with van der Waals surface area (Å²) >= 11 is 0. The number of alkyl halides is 3. The van der Waals surface area contributed by atoms with Crippen molar-refractivity contribution in [3.63, 3.8) is 0 Å². The molecule has 0 radical (unpaired) electrons. The molecule has 1 atom stereocenters. The zero-order chi connectivity index (χ0) is 21.3. The second-order valence-corrected chi connectivity index (χ2v) is 7.34. The van der Waals surface area contributed by atoms with Crippen LogP contribution in [0.15, 0.2) is 23.2 Å². The Hall–Kier alpha value is -1.27. The second-order valence-electron chi connectivity index (χ2n) is 7.34. The number of aryl methyl sites for hydroxylation is 1. The highest BCUT2D eigenvalue weighted by atomic mass is 127. The number of nitrogens with zero attached hydrogens (tertiary/aromatic N) is 2. The van der Waals surface area contributed by atoms with Crippen LogP contribution in [0.3, 0.4) is 0 Å². The highest BCUT2D eigenvalue weighted by Gasteiger charge is 2.28. The molecule has 1 aliphatic rings. The molecule has 1 unspecified atom stereocenters. The lowest BCUT2D eigenvalue weighted by molar-refractivity contribution is -0.153. The fourth-order valence-corrected chi connectivity index (χ4v) is 3.06. The third-order valence-electron chi connectivity index (χ3n) is 4.58. The van der Waals surface area contributed by atoms with E-state index in [-0.39, 0.29) is 29.7 Å². The molecule has 1 aromatic rings. The quantitative estimate of drug-likeness (QED) is 0.299. The van der Waals surface area contributed by atoms with Crippen molar-refractivity contribution in [3.05, 3.63) is 29.3 Å². The predicted octanol–water partition coefficient (Wildman–Crippen LogP) is 3.19. The van der Waals surface area contributed by atoms with Crippen LogP contribution in [0.2, 0.25) is 0 Å². The highest BCUT2D eigenvalue weighted by Crippen LogP contribution is 2.23. The standard InChI is InChI=1S/C20H31F3N4O2.HI/c1-15-4-5-17(18(10-15)29-14-20(21,22)23)12-26-19(24-3)25-11-16(2)13-27-6-8-28-9-7-27;/h4-5,10,16H,6-9,11-14H2,1-3H3,(H2,24,25,26);1H. The lowest BCUT2D eigenvalue weighted by atomic mass is 10.1. The summed E-state index contributed by atoms with van der Waals surface area (Å²) in [5, 5.41) is 6.42. The van der Waals surface area contributed by atoms with Crippen LogP contribution in [0.4, 0.5) is 13.2 Å². The molecule has 2 rings (SSSR count). The van der Waals surface area contributed by atoms with Crippen LogP contribution in [0.5, 0.6) is 5.75 Å². The summed E-state index contributed by atoms with van der Waals surface area (Å²) in [7, 11) is 1.66. The third-order valence-corrected chi connectivity index (χ3v) is 4.58. The maximum atomic E-state index is 12.5. The molecule has 1 fully saturated rings. The van der Waals surface area contributed by atoms with E-state index < -0.39 is 12.8 Å². The Morgan fingerprint density at radius 3 is 2.60 bits per heavy atom. The van der Waals surface area contributed by atoms with E-state index >= 15 is 0 Å². The van der Waals surface area contributed by atoms with Crippen molar-refractivity contribution in [1.29, 1.82) is 0 Å². The van der Waals surface area contributed by atoms with E-state index in [0.29, 0.717) is 24.0 Å². The summed E-state index contributed by atoms with van der Waals surface area (Å²) < 4.78 is 47.9. The molecule has 1 aromatic carbocycles. The van der Waals surface area contributed by atoms with Crippen LogP contribution in [-0.4, -0.2) is 70.1 Å². The summed E-state index contributed by atoms with van der Waals surface area (Å²) in [6.07, 6.45) is -4.37. The average Bonchev–Trinajstić information content (AvgIpc) is 2.67. The van der Waals surface area contributed by atoms with Gasteiger partial charge in [-0.2, -0.15) is 13.2 Å². The molecule has 30 heavy (non-hydrogen) atoms. The molecule has 0 aliphatic carbocycles. The van der Waals surface area contributed by atoms with Crippen LogP contribution < -0.4 is 15.4 Å². The van der Waals surface area contributed by atoms with Crippen molar-refractivity contribution in [1.82, 2.24) is 15.5 Å². The normalized spacial score (nSPS) is 16.5. The van der Waals surface area contributed by atoms with Gasteiger partial charge < -0.3 is 20.1 Å². The van der Waals surface area contributed by atoms with Gasteiger partial charge in [-0.05, 0) is 24.5 Å². The van der Waals surface area contributed by atoms with Crippen LogP contribution >= 0.6 is 24.0 Å². The van der Waals surface area contributed by atoms with Gasteiger partial charge in [0, 0.05) is 45.3 Å². The lowest BCUT2D eigenvalue weighted by Crippen LogP contribution is -2.43. The van der Waals surface area contributed by atoms with Crippen LogP contribution in [-0.2, 0) is 11.3 Å². The van der Waals surface area contributed by atoms with E-state index in [1.807, 2.05) is 13.0 Å². The number of hydrogen-bond acceptors (Lipinski definition) is 4. The number of nitrogens with one attached hydrogen (secondary N) is 2. The Balaban J connectivity index is 0.00000450. The minimum Gasteiger partial charge on any atom is -0.484 e. The number of benzene rings is 1. The van der Waals surface area contributed by atoms with Gasteiger partial charge in [0.25, 0.3) is 0 Å². The van der Waals surface area contributed by atoms with Gasteiger partial charge in [0.1, 0.15) is 5.75 Å². The second kappa shape index (κ2) is 13.2. The van der Waals surface area contributed by atoms with E-state index in [4.69, 9.17) is 9.47 Å². The van der Waals surface area contributed by atoms with Crippen molar-refractivity contribution in [2.45, 2.75) is 26.6 Å². The van der Waals surface area contributed by atoms with Crippen LogP contribution in [0.1, 0.15) is 18.1 Å². The Morgan fingerprint density at radius 2 is 1.97 bits per heavy atom. The van der Waals surface area contributed by atoms with Crippen molar-refractivity contribution in [3.8, 4) is 5.75 Å². The number of rotatable bonds is 8. The fourth-order valence-electron chi connectivity index (χ4n) is 3.06. The maximum Gasteiger partial charge on any atom is 0.422 e. The van der Waals surface area contributed by atoms with Gasteiger partial charge in [0.05, 0.1) is 13.2 Å². The SMILES string of the molecule is CN=C(NCc1ccc(C)cc1OCC(F)(F)F)NCC(C)CN1CCOCC1.I. The Labute approximate surface area is 193 Å². The number of ether oxygens (including phenoxy) is 2. The zero-order valence-corrected chi connectivity index (χ0v) is 20.0. The largest absolute Gasteiger partial charge is 0.484 e. The fraction of sp³-hybridized carbons (Fsp3) is 0.650. The molecule has 6 nitrogen and oxygen atoms in total. The van der Waals surface area contributed by atoms with Gasteiger partial charge in [-0.25, -0.2) is 0 Å². The first kappa shape index (κ1) is 26.8. The zero-order valence-electron chi connectivity index (χ0n) is 17.7. The summed E-state index contributed by atoms with van der Waals surface area (Å²) in [6.45, 7) is 8.14. The molecule has 2 N–H and O–H groups in total. The molecule has 1 saturated heterocycles.